The summed E-state index contributed by atoms with van der Waals surface area (Å²) in [5.74, 6) is -0.392. The Morgan fingerprint density at radius 1 is 1.35 bits per heavy atom. The van der Waals surface area contributed by atoms with E-state index >= 15 is 0 Å². The number of amides is 1. The minimum atomic E-state index is -0.384. The van der Waals surface area contributed by atoms with Gasteiger partial charge in [-0.25, -0.2) is 0 Å². The number of aromatic hydroxyl groups is 1. The molecule has 1 amide bonds. The lowest BCUT2D eigenvalue weighted by atomic mass is 10.1. The number of carbonyl (C=O) groups excluding carboxylic acids is 2. The normalized spacial score (nSPS) is 9.95. The summed E-state index contributed by atoms with van der Waals surface area (Å²) in [5, 5.41) is 9.72. The molecule has 110 valence electrons. The number of phenolic OH excluding ortho intramolecular Hbond substituents is 1. The fourth-order valence-electron chi connectivity index (χ4n) is 1.61. The minimum absolute atomic E-state index is 0.112. The molecule has 6 nitrogen and oxygen atoms in total. The Labute approximate surface area is 117 Å². The highest BCUT2D eigenvalue weighted by atomic mass is 16.5. The number of esters is 1. The molecular weight excluding hydrogens is 262 g/mol. The second kappa shape index (κ2) is 7.37. The fraction of sp³-hybridized carbons (Fsp3) is 0.429. The van der Waals surface area contributed by atoms with Crippen LogP contribution in [0.2, 0.25) is 0 Å². The second-order valence-electron chi connectivity index (χ2n) is 4.16. The van der Waals surface area contributed by atoms with Gasteiger partial charge in [-0.2, -0.15) is 0 Å². The maximum atomic E-state index is 12.2. The van der Waals surface area contributed by atoms with Crippen molar-refractivity contribution in [3.63, 3.8) is 0 Å². The summed E-state index contributed by atoms with van der Waals surface area (Å²) in [6.45, 7) is 2.25. The van der Waals surface area contributed by atoms with Gasteiger partial charge in [-0.15, -0.1) is 0 Å². The summed E-state index contributed by atoms with van der Waals surface area (Å²) in [6, 6.07) is 4.41. The monoisotopic (exact) mass is 281 g/mol. The second-order valence-corrected chi connectivity index (χ2v) is 4.16. The van der Waals surface area contributed by atoms with Crippen molar-refractivity contribution in [2.45, 2.75) is 13.3 Å². The molecule has 0 heterocycles. The zero-order valence-electron chi connectivity index (χ0n) is 11.9. The molecule has 1 aromatic rings. The predicted octanol–water partition coefficient (Wildman–Crippen LogP) is 1.43. The van der Waals surface area contributed by atoms with Crippen molar-refractivity contribution >= 4 is 11.9 Å². The molecule has 0 fully saturated rings. The van der Waals surface area contributed by atoms with Crippen molar-refractivity contribution in [1.82, 2.24) is 4.90 Å². The number of phenols is 1. The average molecular weight is 281 g/mol. The van der Waals surface area contributed by atoms with Crippen molar-refractivity contribution in [3.8, 4) is 11.5 Å². The highest BCUT2D eigenvalue weighted by Gasteiger charge is 2.17. The van der Waals surface area contributed by atoms with Crippen LogP contribution in [-0.2, 0) is 9.53 Å². The van der Waals surface area contributed by atoms with Gasteiger partial charge in [-0.1, -0.05) is 0 Å². The molecule has 1 aromatic carbocycles. The Hall–Kier alpha value is -2.24. The lowest BCUT2D eigenvalue weighted by Gasteiger charge is -2.17. The highest BCUT2D eigenvalue weighted by molar-refractivity contribution is 5.97. The Morgan fingerprint density at radius 2 is 2.05 bits per heavy atom. The van der Waals surface area contributed by atoms with Crippen molar-refractivity contribution in [2.75, 3.05) is 27.3 Å². The standard InChI is InChI=1S/C14H19NO5/c1-4-20-13(17)7-8-15(2)14(18)11-9-10(19-3)5-6-12(11)16/h5-6,9,16H,4,7-8H2,1-3H3. The molecule has 0 saturated carbocycles. The molecule has 0 aromatic heterocycles. The quantitative estimate of drug-likeness (QED) is 0.798. The van der Waals surface area contributed by atoms with Crippen LogP contribution in [0.3, 0.4) is 0 Å². The summed E-state index contributed by atoms with van der Waals surface area (Å²) >= 11 is 0. The van der Waals surface area contributed by atoms with E-state index in [0.717, 1.165) is 0 Å². The van der Waals surface area contributed by atoms with Crippen LogP contribution >= 0.6 is 0 Å². The van der Waals surface area contributed by atoms with Crippen LogP contribution in [0.15, 0.2) is 18.2 Å². The molecular formula is C14H19NO5. The van der Waals surface area contributed by atoms with E-state index in [0.29, 0.717) is 12.4 Å². The molecule has 0 spiro atoms. The molecule has 6 heteroatoms. The van der Waals surface area contributed by atoms with Crippen LogP contribution in [0.5, 0.6) is 11.5 Å². The van der Waals surface area contributed by atoms with Gasteiger partial charge in [-0.05, 0) is 25.1 Å². The first-order chi connectivity index (χ1) is 9.49. The Morgan fingerprint density at radius 3 is 2.65 bits per heavy atom. The summed E-state index contributed by atoms with van der Waals surface area (Å²) in [6.07, 6.45) is 0.112. The third-order valence-corrected chi connectivity index (χ3v) is 2.74. The summed E-state index contributed by atoms with van der Waals surface area (Å²) < 4.78 is 9.81. The van der Waals surface area contributed by atoms with Crippen LogP contribution in [0.25, 0.3) is 0 Å². The van der Waals surface area contributed by atoms with Gasteiger partial charge in [0.15, 0.2) is 0 Å². The third kappa shape index (κ3) is 4.15. The molecule has 0 atom stereocenters. The van der Waals surface area contributed by atoms with E-state index in [4.69, 9.17) is 9.47 Å². The maximum absolute atomic E-state index is 12.2. The molecule has 0 unspecified atom stereocenters. The number of carbonyl (C=O) groups is 2. The number of benzene rings is 1. The van der Waals surface area contributed by atoms with Crippen molar-refractivity contribution in [3.05, 3.63) is 23.8 Å². The van der Waals surface area contributed by atoms with Gasteiger partial charge in [0, 0.05) is 13.6 Å². The van der Waals surface area contributed by atoms with E-state index in [1.54, 1.807) is 20.0 Å². The van der Waals surface area contributed by atoms with Gasteiger partial charge in [0.25, 0.3) is 5.91 Å². The fourth-order valence-corrected chi connectivity index (χ4v) is 1.61. The van der Waals surface area contributed by atoms with Crippen LogP contribution in [0.4, 0.5) is 0 Å². The van der Waals surface area contributed by atoms with Crippen molar-refractivity contribution in [2.24, 2.45) is 0 Å². The van der Waals surface area contributed by atoms with Crippen molar-refractivity contribution in [1.29, 1.82) is 0 Å². The molecule has 0 saturated heterocycles. The molecule has 20 heavy (non-hydrogen) atoms. The molecule has 0 aliphatic heterocycles. The number of nitrogens with zero attached hydrogens (tertiary/aromatic N) is 1. The molecule has 1 rings (SSSR count). The summed E-state index contributed by atoms with van der Waals surface area (Å²) in [7, 11) is 3.03. The Kier molecular flexibility index (Phi) is 5.83. The van der Waals surface area contributed by atoms with Crippen LogP contribution in [0, 0.1) is 0 Å². The lowest BCUT2D eigenvalue weighted by Crippen LogP contribution is -2.29. The summed E-state index contributed by atoms with van der Waals surface area (Å²) in [4.78, 5) is 24.8. The zero-order valence-corrected chi connectivity index (χ0v) is 11.9. The molecule has 1 N–H and O–H groups in total. The van der Waals surface area contributed by atoms with Gasteiger partial charge in [0.05, 0.1) is 25.7 Å². The van der Waals surface area contributed by atoms with Crippen LogP contribution in [-0.4, -0.2) is 49.2 Å². The maximum Gasteiger partial charge on any atom is 0.307 e. The first-order valence-corrected chi connectivity index (χ1v) is 6.27. The van der Waals surface area contributed by atoms with Gasteiger partial charge >= 0.3 is 5.97 Å². The van der Waals surface area contributed by atoms with Crippen LogP contribution < -0.4 is 4.74 Å². The minimum Gasteiger partial charge on any atom is -0.507 e. The number of methoxy groups -OCH3 is 1. The van der Waals surface area contributed by atoms with E-state index in [-0.39, 0.29) is 36.2 Å². The van der Waals surface area contributed by atoms with Gasteiger partial charge in [0.1, 0.15) is 11.5 Å². The molecule has 0 radical (unpaired) electrons. The average Bonchev–Trinajstić information content (AvgIpc) is 2.45. The Balaban J connectivity index is 2.71. The largest absolute Gasteiger partial charge is 0.507 e. The van der Waals surface area contributed by atoms with Gasteiger partial charge in [-0.3, -0.25) is 9.59 Å². The summed E-state index contributed by atoms with van der Waals surface area (Å²) in [5.41, 5.74) is 0.135. The zero-order chi connectivity index (χ0) is 15.1. The smallest absolute Gasteiger partial charge is 0.307 e. The number of hydrogen-bond acceptors (Lipinski definition) is 5. The lowest BCUT2D eigenvalue weighted by molar-refractivity contribution is -0.143. The van der Waals surface area contributed by atoms with E-state index in [1.807, 2.05) is 0 Å². The number of rotatable bonds is 6. The van der Waals surface area contributed by atoms with E-state index in [9.17, 15) is 14.7 Å². The van der Waals surface area contributed by atoms with Crippen LogP contribution in [0.1, 0.15) is 23.7 Å². The first kappa shape index (κ1) is 15.8. The third-order valence-electron chi connectivity index (χ3n) is 2.74. The highest BCUT2D eigenvalue weighted by Crippen LogP contribution is 2.23. The molecule has 0 aliphatic carbocycles. The van der Waals surface area contributed by atoms with E-state index < -0.39 is 0 Å². The SMILES string of the molecule is CCOC(=O)CCN(C)C(=O)c1cc(OC)ccc1O. The topological polar surface area (TPSA) is 76.1 Å². The van der Waals surface area contributed by atoms with E-state index in [2.05, 4.69) is 0 Å². The predicted molar refractivity (Wildman–Crippen MR) is 72.9 cm³/mol. The first-order valence-electron chi connectivity index (χ1n) is 6.27. The number of ether oxygens (including phenoxy) is 2. The van der Waals surface area contributed by atoms with Gasteiger partial charge < -0.3 is 19.5 Å². The molecule has 0 bridgehead atoms. The van der Waals surface area contributed by atoms with E-state index in [1.165, 1.54) is 24.1 Å². The molecule has 0 aliphatic rings. The number of hydrogen-bond donors (Lipinski definition) is 1. The van der Waals surface area contributed by atoms with Crippen molar-refractivity contribution < 1.29 is 24.2 Å². The van der Waals surface area contributed by atoms with Gasteiger partial charge in [0.2, 0.25) is 0 Å². The Bertz CT molecular complexity index is 486.